The Labute approximate surface area is 174 Å². The number of rotatable bonds is 9. The number of benzene rings is 1. The molecule has 0 saturated heterocycles. The lowest BCUT2D eigenvalue weighted by Gasteiger charge is -2.15. The van der Waals surface area contributed by atoms with Crippen LogP contribution >= 0.6 is 11.8 Å². The number of anilines is 2. The van der Waals surface area contributed by atoms with E-state index in [0.29, 0.717) is 31.3 Å². The molecule has 2 heterocycles. The molecule has 154 valence electrons. The first-order valence-corrected chi connectivity index (χ1v) is 10.2. The van der Waals surface area contributed by atoms with Crippen LogP contribution in [-0.2, 0) is 17.7 Å². The van der Waals surface area contributed by atoms with E-state index in [9.17, 15) is 0 Å². The first kappa shape index (κ1) is 21.0. The van der Waals surface area contributed by atoms with E-state index in [1.54, 1.807) is 23.8 Å². The molecule has 9 nitrogen and oxygen atoms in total. The summed E-state index contributed by atoms with van der Waals surface area (Å²) in [5.74, 6) is 2.24. The van der Waals surface area contributed by atoms with Crippen molar-refractivity contribution in [1.82, 2.24) is 29.7 Å². The lowest BCUT2D eigenvalue weighted by Crippen LogP contribution is -2.16. The lowest BCUT2D eigenvalue weighted by molar-refractivity contribution is 0.184. The summed E-state index contributed by atoms with van der Waals surface area (Å²) in [6.07, 6.45) is 0.704. The summed E-state index contributed by atoms with van der Waals surface area (Å²) in [6.45, 7) is 3.26. The van der Waals surface area contributed by atoms with E-state index in [1.165, 1.54) is 5.56 Å². The van der Waals surface area contributed by atoms with E-state index in [2.05, 4.69) is 41.8 Å². The Balaban J connectivity index is 1.84. The first-order chi connectivity index (χ1) is 14.0. The highest BCUT2D eigenvalue weighted by Crippen LogP contribution is 2.33. The molecule has 29 heavy (non-hydrogen) atoms. The lowest BCUT2D eigenvalue weighted by atomic mass is 10.1. The molecule has 1 atom stereocenters. The molecule has 0 aliphatic carbocycles. The Bertz CT molecular complexity index is 931. The van der Waals surface area contributed by atoms with Gasteiger partial charge in [0.2, 0.25) is 11.9 Å². The summed E-state index contributed by atoms with van der Waals surface area (Å²) < 4.78 is 7.37. The van der Waals surface area contributed by atoms with Crippen molar-refractivity contribution in [2.24, 2.45) is 0 Å². The third kappa shape index (κ3) is 5.42. The number of aromatic nitrogens is 6. The van der Waals surface area contributed by atoms with Crippen LogP contribution in [0.2, 0.25) is 0 Å². The second-order valence-electron chi connectivity index (χ2n) is 6.71. The molecule has 10 heteroatoms. The summed E-state index contributed by atoms with van der Waals surface area (Å²) in [4.78, 5) is 14.8. The molecule has 1 aromatic carbocycles. The largest absolute Gasteiger partial charge is 0.383 e. The van der Waals surface area contributed by atoms with Crippen LogP contribution in [0.5, 0.6) is 0 Å². The van der Waals surface area contributed by atoms with Crippen molar-refractivity contribution in [3.63, 3.8) is 0 Å². The van der Waals surface area contributed by atoms with Crippen molar-refractivity contribution in [1.29, 1.82) is 0 Å². The van der Waals surface area contributed by atoms with Gasteiger partial charge in [0.05, 0.1) is 11.9 Å². The molecular weight excluding hydrogens is 388 g/mol. The maximum Gasteiger partial charge on any atom is 0.229 e. The van der Waals surface area contributed by atoms with Crippen molar-refractivity contribution < 1.29 is 4.74 Å². The van der Waals surface area contributed by atoms with Gasteiger partial charge in [0.25, 0.3) is 0 Å². The SMILES string of the molecule is COCCn1c(Cc2ccccc2)nnc1SC(C)c1nc(N)nc(N(C)C)n1. The third-order valence-electron chi connectivity index (χ3n) is 4.22. The standard InChI is InChI=1S/C19H26N8OS/c1-13(16-21-17(20)23-18(22-16)26(2)3)29-19-25-24-15(27(19)10-11-28-4)12-14-8-6-5-7-9-14/h5-9,13H,10-12H2,1-4H3,(H2,20,21,22,23). The first-order valence-electron chi connectivity index (χ1n) is 9.28. The molecule has 0 radical (unpaired) electrons. The maximum absolute atomic E-state index is 5.87. The molecule has 0 fully saturated rings. The molecule has 0 spiro atoms. The average Bonchev–Trinajstić information content (AvgIpc) is 3.07. The number of hydrogen-bond donors (Lipinski definition) is 1. The molecule has 0 bridgehead atoms. The highest BCUT2D eigenvalue weighted by Gasteiger charge is 2.20. The number of nitrogen functional groups attached to an aromatic ring is 1. The second-order valence-corrected chi connectivity index (χ2v) is 8.02. The molecule has 0 saturated carbocycles. The number of hydrogen-bond acceptors (Lipinski definition) is 9. The number of nitrogens with zero attached hydrogens (tertiary/aromatic N) is 7. The fourth-order valence-corrected chi connectivity index (χ4v) is 3.65. The van der Waals surface area contributed by atoms with Gasteiger partial charge in [-0.15, -0.1) is 10.2 Å². The predicted molar refractivity (Wildman–Crippen MR) is 114 cm³/mol. The van der Waals surface area contributed by atoms with E-state index >= 15 is 0 Å². The second kappa shape index (κ2) is 9.66. The van der Waals surface area contributed by atoms with Gasteiger partial charge in [0, 0.05) is 34.2 Å². The molecule has 0 aliphatic rings. The summed E-state index contributed by atoms with van der Waals surface area (Å²) in [7, 11) is 5.42. The molecular formula is C19H26N8OS. The zero-order valence-corrected chi connectivity index (χ0v) is 17.9. The van der Waals surface area contributed by atoms with Gasteiger partial charge in [-0.3, -0.25) is 0 Å². The van der Waals surface area contributed by atoms with E-state index in [-0.39, 0.29) is 11.2 Å². The van der Waals surface area contributed by atoms with E-state index in [1.807, 2.05) is 39.2 Å². The quantitative estimate of drug-likeness (QED) is 0.527. The molecule has 3 rings (SSSR count). The van der Waals surface area contributed by atoms with Crippen LogP contribution in [0.4, 0.5) is 11.9 Å². The average molecular weight is 415 g/mol. The van der Waals surface area contributed by atoms with Crippen LogP contribution in [0.25, 0.3) is 0 Å². The van der Waals surface area contributed by atoms with Gasteiger partial charge >= 0.3 is 0 Å². The van der Waals surface area contributed by atoms with Gasteiger partial charge in [0.15, 0.2) is 5.16 Å². The van der Waals surface area contributed by atoms with Crippen molar-refractivity contribution in [3.8, 4) is 0 Å². The number of methoxy groups -OCH3 is 1. The van der Waals surface area contributed by atoms with Crippen molar-refractivity contribution in [2.45, 2.75) is 30.3 Å². The Morgan fingerprint density at radius 3 is 2.59 bits per heavy atom. The molecule has 2 N–H and O–H groups in total. The van der Waals surface area contributed by atoms with E-state index < -0.39 is 0 Å². The summed E-state index contributed by atoms with van der Waals surface area (Å²) in [5, 5.41) is 9.57. The smallest absolute Gasteiger partial charge is 0.229 e. The third-order valence-corrected chi connectivity index (χ3v) is 5.30. The van der Waals surface area contributed by atoms with Crippen LogP contribution in [0.1, 0.15) is 29.4 Å². The molecule has 0 aliphatic heterocycles. The minimum absolute atomic E-state index is 0.0749. The number of ether oxygens (including phenoxy) is 1. The molecule has 0 amide bonds. The fourth-order valence-electron chi connectivity index (χ4n) is 2.71. The topological polar surface area (TPSA) is 108 Å². The molecule has 2 aromatic heterocycles. The highest BCUT2D eigenvalue weighted by molar-refractivity contribution is 7.99. The van der Waals surface area contributed by atoms with Crippen LogP contribution in [0.3, 0.4) is 0 Å². The van der Waals surface area contributed by atoms with Crippen LogP contribution in [0.15, 0.2) is 35.5 Å². The zero-order valence-electron chi connectivity index (χ0n) is 17.1. The van der Waals surface area contributed by atoms with Gasteiger partial charge in [-0.25, -0.2) is 0 Å². The number of nitrogens with two attached hydrogens (primary N) is 1. The Kier molecular flexibility index (Phi) is 6.99. The summed E-state index contributed by atoms with van der Waals surface area (Å²) in [5.41, 5.74) is 7.05. The van der Waals surface area contributed by atoms with Crippen molar-refractivity contribution >= 4 is 23.7 Å². The zero-order chi connectivity index (χ0) is 20.8. The van der Waals surface area contributed by atoms with E-state index in [0.717, 1.165) is 11.0 Å². The van der Waals surface area contributed by atoms with Gasteiger partial charge in [-0.05, 0) is 12.5 Å². The fraction of sp³-hybridized carbons (Fsp3) is 0.421. The van der Waals surface area contributed by atoms with Crippen LogP contribution in [-0.4, -0.2) is 57.5 Å². The Hall–Kier alpha value is -2.72. The van der Waals surface area contributed by atoms with Crippen molar-refractivity contribution in [3.05, 3.63) is 47.5 Å². The molecule has 3 aromatic rings. The number of thioether (sulfide) groups is 1. The Morgan fingerprint density at radius 1 is 1.14 bits per heavy atom. The van der Waals surface area contributed by atoms with Crippen molar-refractivity contribution in [2.75, 3.05) is 38.4 Å². The monoisotopic (exact) mass is 414 g/mol. The van der Waals surface area contributed by atoms with Gasteiger partial charge in [0.1, 0.15) is 11.6 Å². The Morgan fingerprint density at radius 2 is 1.90 bits per heavy atom. The van der Waals surface area contributed by atoms with Crippen LogP contribution in [0, 0.1) is 0 Å². The minimum Gasteiger partial charge on any atom is -0.383 e. The predicted octanol–water partition coefficient (Wildman–Crippen LogP) is 2.20. The van der Waals surface area contributed by atoms with Gasteiger partial charge in [-0.2, -0.15) is 15.0 Å². The normalized spacial score (nSPS) is 12.1. The maximum atomic E-state index is 5.87. The van der Waals surface area contributed by atoms with E-state index in [4.69, 9.17) is 10.5 Å². The van der Waals surface area contributed by atoms with Crippen LogP contribution < -0.4 is 10.6 Å². The summed E-state index contributed by atoms with van der Waals surface area (Å²) in [6, 6.07) is 10.2. The van der Waals surface area contributed by atoms with Gasteiger partial charge in [-0.1, -0.05) is 42.1 Å². The highest BCUT2D eigenvalue weighted by atomic mass is 32.2. The summed E-state index contributed by atoms with van der Waals surface area (Å²) >= 11 is 1.54. The minimum atomic E-state index is -0.0749. The van der Waals surface area contributed by atoms with Gasteiger partial charge < -0.3 is 19.9 Å². The molecule has 1 unspecified atom stereocenters.